The molecule has 1 aliphatic heterocycles. The maximum Gasteiger partial charge on any atom is 0.230 e. The molecule has 1 aromatic carbocycles. The molecule has 0 aromatic heterocycles. The normalized spacial score (nSPS) is 34.6. The molecular formula is C23H32ClN3O. The summed E-state index contributed by atoms with van der Waals surface area (Å²) in [7, 11) is 0. The Kier molecular flexibility index (Phi) is 4.83. The van der Waals surface area contributed by atoms with Crippen molar-refractivity contribution in [1.82, 2.24) is 4.90 Å². The molecule has 152 valence electrons. The minimum absolute atomic E-state index is 0.130. The highest BCUT2D eigenvalue weighted by Crippen LogP contribution is 2.60. The molecule has 5 aliphatic rings. The van der Waals surface area contributed by atoms with E-state index in [2.05, 4.69) is 28.1 Å². The van der Waals surface area contributed by atoms with Crippen LogP contribution in [-0.4, -0.2) is 43.5 Å². The van der Waals surface area contributed by atoms with Crippen molar-refractivity contribution < 1.29 is 4.79 Å². The smallest absolute Gasteiger partial charge is 0.230 e. The van der Waals surface area contributed by atoms with Gasteiger partial charge in [0.15, 0.2) is 0 Å². The van der Waals surface area contributed by atoms with Crippen molar-refractivity contribution in [2.24, 2.45) is 23.2 Å². The van der Waals surface area contributed by atoms with Crippen LogP contribution in [0.3, 0.4) is 0 Å². The highest BCUT2D eigenvalue weighted by Gasteiger charge is 2.54. The Morgan fingerprint density at radius 1 is 1.07 bits per heavy atom. The van der Waals surface area contributed by atoms with Crippen LogP contribution in [0, 0.1) is 23.2 Å². The van der Waals surface area contributed by atoms with Gasteiger partial charge in [-0.2, -0.15) is 0 Å². The van der Waals surface area contributed by atoms with Gasteiger partial charge in [0, 0.05) is 31.2 Å². The van der Waals surface area contributed by atoms with Crippen molar-refractivity contribution in [2.75, 3.05) is 42.9 Å². The second-order valence-corrected chi connectivity index (χ2v) is 10.2. The first kappa shape index (κ1) is 18.7. The summed E-state index contributed by atoms with van der Waals surface area (Å²) in [6.07, 6.45) is 7.35. The van der Waals surface area contributed by atoms with Gasteiger partial charge in [-0.15, -0.1) is 0 Å². The van der Waals surface area contributed by atoms with Gasteiger partial charge < -0.3 is 15.1 Å². The quantitative estimate of drug-likeness (QED) is 0.798. The number of nitrogens with zero attached hydrogens (tertiary/aromatic N) is 2. The van der Waals surface area contributed by atoms with E-state index in [1.54, 1.807) is 0 Å². The molecule has 6 rings (SSSR count). The first-order valence-corrected chi connectivity index (χ1v) is 11.5. The summed E-state index contributed by atoms with van der Waals surface area (Å²) in [4.78, 5) is 18.4. The van der Waals surface area contributed by atoms with Gasteiger partial charge in [0.25, 0.3) is 0 Å². The van der Waals surface area contributed by atoms with Gasteiger partial charge in [-0.05, 0) is 81.0 Å². The van der Waals surface area contributed by atoms with Crippen LogP contribution in [0.15, 0.2) is 18.2 Å². The Morgan fingerprint density at radius 2 is 1.68 bits per heavy atom. The molecule has 0 radical (unpaired) electrons. The fourth-order valence-corrected chi connectivity index (χ4v) is 7.00. The number of carbonyl (C=O) groups is 1. The van der Waals surface area contributed by atoms with Crippen LogP contribution in [0.2, 0.25) is 5.02 Å². The lowest BCUT2D eigenvalue weighted by Crippen LogP contribution is -2.52. The minimum atomic E-state index is -0.130. The number of hydrogen-bond donors (Lipinski definition) is 1. The Bertz CT molecular complexity index is 721. The Balaban J connectivity index is 1.36. The van der Waals surface area contributed by atoms with Crippen LogP contribution in [0.25, 0.3) is 0 Å². The highest BCUT2D eigenvalue weighted by molar-refractivity contribution is 6.31. The SMILES string of the molecule is CCN1CCN(c2ccc(Cl)cc2NC(=O)C23CC4CC(CC(C4)C2)C3)CC1. The fourth-order valence-electron chi connectivity index (χ4n) is 6.83. The summed E-state index contributed by atoms with van der Waals surface area (Å²) in [5.74, 6) is 2.58. The van der Waals surface area contributed by atoms with Gasteiger partial charge in [0.2, 0.25) is 5.91 Å². The zero-order valence-electron chi connectivity index (χ0n) is 16.9. The number of amides is 1. The lowest BCUT2D eigenvalue weighted by Gasteiger charge is -2.55. The summed E-state index contributed by atoms with van der Waals surface area (Å²) in [6.45, 7) is 7.45. The number of likely N-dealkylation sites (N-methyl/N-ethyl adjacent to an activating group) is 1. The number of anilines is 2. The maximum absolute atomic E-state index is 13.5. The fraction of sp³-hybridized carbons (Fsp3) is 0.696. The summed E-state index contributed by atoms with van der Waals surface area (Å²) in [5, 5.41) is 4.04. The van der Waals surface area contributed by atoms with E-state index in [-0.39, 0.29) is 11.3 Å². The van der Waals surface area contributed by atoms with Gasteiger partial charge in [-0.3, -0.25) is 4.79 Å². The molecule has 5 heteroatoms. The number of benzene rings is 1. The number of carbonyl (C=O) groups excluding carboxylic acids is 1. The number of nitrogens with one attached hydrogen (secondary N) is 1. The average molecular weight is 402 g/mol. The Morgan fingerprint density at radius 3 is 2.25 bits per heavy atom. The summed E-state index contributed by atoms with van der Waals surface area (Å²) in [5.41, 5.74) is 1.89. The van der Waals surface area contributed by atoms with Crippen LogP contribution >= 0.6 is 11.6 Å². The molecule has 0 spiro atoms. The summed E-state index contributed by atoms with van der Waals surface area (Å²) >= 11 is 6.33. The maximum atomic E-state index is 13.5. The van der Waals surface area contributed by atoms with E-state index in [1.165, 1.54) is 19.3 Å². The molecule has 1 heterocycles. The zero-order chi connectivity index (χ0) is 19.3. The van der Waals surface area contributed by atoms with Crippen LogP contribution in [0.5, 0.6) is 0 Å². The van der Waals surface area contributed by atoms with E-state index in [1.807, 2.05) is 12.1 Å². The molecule has 4 saturated carbocycles. The van der Waals surface area contributed by atoms with Crippen LogP contribution in [0.1, 0.15) is 45.4 Å². The molecule has 1 saturated heterocycles. The summed E-state index contributed by atoms with van der Waals surface area (Å²) < 4.78 is 0. The minimum Gasteiger partial charge on any atom is -0.367 e. The molecular weight excluding hydrogens is 370 g/mol. The predicted octanol–water partition coefficient (Wildman–Crippen LogP) is 4.64. The van der Waals surface area contributed by atoms with Gasteiger partial charge in [0.05, 0.1) is 16.8 Å². The van der Waals surface area contributed by atoms with Gasteiger partial charge in [0.1, 0.15) is 0 Å². The predicted molar refractivity (Wildman–Crippen MR) is 115 cm³/mol. The first-order chi connectivity index (χ1) is 13.5. The first-order valence-electron chi connectivity index (χ1n) is 11.1. The van der Waals surface area contributed by atoms with Crippen molar-refractivity contribution in [3.8, 4) is 0 Å². The van der Waals surface area contributed by atoms with Crippen molar-refractivity contribution in [3.05, 3.63) is 23.2 Å². The average Bonchev–Trinajstić information content (AvgIpc) is 2.67. The number of hydrogen-bond acceptors (Lipinski definition) is 3. The number of rotatable bonds is 4. The number of halogens is 1. The Labute approximate surface area is 173 Å². The molecule has 1 aromatic rings. The van der Waals surface area contributed by atoms with Gasteiger partial charge in [-0.1, -0.05) is 18.5 Å². The third-order valence-electron chi connectivity index (χ3n) is 7.89. The van der Waals surface area contributed by atoms with Crippen molar-refractivity contribution in [1.29, 1.82) is 0 Å². The highest BCUT2D eigenvalue weighted by atomic mass is 35.5. The van der Waals surface area contributed by atoms with E-state index < -0.39 is 0 Å². The molecule has 4 bridgehead atoms. The molecule has 28 heavy (non-hydrogen) atoms. The Hall–Kier alpha value is -1.26. The second kappa shape index (κ2) is 7.21. The molecule has 0 atom stereocenters. The zero-order valence-corrected chi connectivity index (χ0v) is 17.7. The molecule has 4 aliphatic carbocycles. The molecule has 1 amide bonds. The van der Waals surface area contributed by atoms with Crippen molar-refractivity contribution in [2.45, 2.75) is 45.4 Å². The lowest BCUT2D eigenvalue weighted by molar-refractivity contribution is -0.140. The third-order valence-corrected chi connectivity index (χ3v) is 8.12. The summed E-state index contributed by atoms with van der Waals surface area (Å²) in [6, 6.07) is 5.98. The lowest BCUT2D eigenvalue weighted by atomic mass is 9.49. The van der Waals surface area contributed by atoms with Crippen molar-refractivity contribution in [3.63, 3.8) is 0 Å². The van der Waals surface area contributed by atoms with E-state index in [9.17, 15) is 4.79 Å². The van der Waals surface area contributed by atoms with E-state index in [4.69, 9.17) is 11.6 Å². The molecule has 0 unspecified atom stereocenters. The van der Waals surface area contributed by atoms with Crippen LogP contribution in [0.4, 0.5) is 11.4 Å². The van der Waals surface area contributed by atoms with Crippen molar-refractivity contribution >= 4 is 28.9 Å². The topological polar surface area (TPSA) is 35.6 Å². The molecule has 4 nitrogen and oxygen atoms in total. The van der Waals surface area contributed by atoms with Crippen LogP contribution < -0.4 is 10.2 Å². The van der Waals surface area contributed by atoms with Gasteiger partial charge in [-0.25, -0.2) is 0 Å². The monoisotopic (exact) mass is 401 g/mol. The largest absolute Gasteiger partial charge is 0.367 e. The van der Waals surface area contributed by atoms with E-state index >= 15 is 0 Å². The van der Waals surface area contributed by atoms with Gasteiger partial charge >= 0.3 is 0 Å². The van der Waals surface area contributed by atoms with Crippen LogP contribution in [-0.2, 0) is 4.79 Å². The van der Waals surface area contributed by atoms with E-state index in [0.717, 1.165) is 81.1 Å². The third kappa shape index (κ3) is 3.33. The second-order valence-electron chi connectivity index (χ2n) is 9.73. The van der Waals surface area contributed by atoms with E-state index in [0.29, 0.717) is 5.02 Å². The standard InChI is InChI=1S/C23H32ClN3O/c1-2-26-5-7-27(8-6-26)21-4-3-19(24)12-20(21)25-22(28)23-13-16-9-17(14-23)11-18(10-16)15-23/h3-4,12,16-18H,2,5-11,13-15H2,1H3,(H,25,28). The molecule has 1 N–H and O–H groups in total. The number of piperazine rings is 1. The molecule has 5 fully saturated rings.